The SMILES string of the molecule is C/C=C/CCNC(CN)c1cc(C)c(C)cc1C. The van der Waals surface area contributed by atoms with Crippen LogP contribution in [0.5, 0.6) is 0 Å². The Balaban J connectivity index is 2.78. The van der Waals surface area contributed by atoms with Crippen molar-refractivity contribution in [2.75, 3.05) is 13.1 Å². The lowest BCUT2D eigenvalue weighted by molar-refractivity contribution is 0.545. The van der Waals surface area contributed by atoms with Gasteiger partial charge in [-0.15, -0.1) is 0 Å². The van der Waals surface area contributed by atoms with Crippen LogP contribution in [0.25, 0.3) is 0 Å². The molecule has 0 fully saturated rings. The van der Waals surface area contributed by atoms with Crippen molar-refractivity contribution in [2.45, 2.75) is 40.2 Å². The molecule has 0 aliphatic carbocycles. The van der Waals surface area contributed by atoms with Gasteiger partial charge in [0, 0.05) is 12.6 Å². The lowest BCUT2D eigenvalue weighted by Gasteiger charge is -2.20. The Kier molecular flexibility index (Phi) is 6.10. The molecule has 0 aliphatic rings. The maximum atomic E-state index is 5.90. The summed E-state index contributed by atoms with van der Waals surface area (Å²) in [6.07, 6.45) is 5.31. The Morgan fingerprint density at radius 3 is 2.44 bits per heavy atom. The fourth-order valence-corrected chi connectivity index (χ4v) is 2.19. The number of rotatable bonds is 6. The van der Waals surface area contributed by atoms with Crippen LogP contribution in [0.2, 0.25) is 0 Å². The van der Waals surface area contributed by atoms with Gasteiger partial charge < -0.3 is 11.1 Å². The number of allylic oxidation sites excluding steroid dienone is 1. The molecule has 3 N–H and O–H groups in total. The zero-order valence-corrected chi connectivity index (χ0v) is 12.1. The smallest absolute Gasteiger partial charge is 0.0447 e. The van der Waals surface area contributed by atoms with Gasteiger partial charge in [0.05, 0.1) is 0 Å². The quantitative estimate of drug-likeness (QED) is 0.597. The first-order valence-electron chi connectivity index (χ1n) is 6.72. The van der Waals surface area contributed by atoms with Crippen molar-refractivity contribution in [3.8, 4) is 0 Å². The number of hydrogen-bond acceptors (Lipinski definition) is 2. The second-order valence-corrected chi connectivity index (χ2v) is 4.89. The van der Waals surface area contributed by atoms with E-state index in [1.807, 2.05) is 6.92 Å². The molecule has 0 amide bonds. The molecule has 1 rings (SSSR count). The summed E-state index contributed by atoms with van der Waals surface area (Å²) in [4.78, 5) is 0. The monoisotopic (exact) mass is 246 g/mol. The van der Waals surface area contributed by atoms with Crippen LogP contribution in [0.1, 0.15) is 41.6 Å². The van der Waals surface area contributed by atoms with Gasteiger partial charge in [0.25, 0.3) is 0 Å². The maximum absolute atomic E-state index is 5.90. The van der Waals surface area contributed by atoms with Crippen LogP contribution in [0, 0.1) is 20.8 Å². The highest BCUT2D eigenvalue weighted by Crippen LogP contribution is 2.21. The zero-order valence-electron chi connectivity index (χ0n) is 12.1. The summed E-state index contributed by atoms with van der Waals surface area (Å²) in [5.74, 6) is 0. The van der Waals surface area contributed by atoms with Crippen molar-refractivity contribution in [3.05, 3.63) is 46.5 Å². The first-order valence-corrected chi connectivity index (χ1v) is 6.72. The molecule has 0 saturated heterocycles. The van der Waals surface area contributed by atoms with Gasteiger partial charge in [0.2, 0.25) is 0 Å². The molecule has 18 heavy (non-hydrogen) atoms. The third-order valence-corrected chi connectivity index (χ3v) is 3.43. The van der Waals surface area contributed by atoms with E-state index in [0.29, 0.717) is 6.54 Å². The van der Waals surface area contributed by atoms with Crippen LogP contribution < -0.4 is 11.1 Å². The van der Waals surface area contributed by atoms with Crippen molar-refractivity contribution < 1.29 is 0 Å². The van der Waals surface area contributed by atoms with Crippen LogP contribution in [0.15, 0.2) is 24.3 Å². The Morgan fingerprint density at radius 2 is 1.83 bits per heavy atom. The van der Waals surface area contributed by atoms with E-state index in [4.69, 9.17) is 5.73 Å². The Hall–Kier alpha value is -1.12. The number of nitrogens with one attached hydrogen (secondary N) is 1. The van der Waals surface area contributed by atoms with Gasteiger partial charge in [-0.1, -0.05) is 24.3 Å². The molecule has 2 heteroatoms. The molecule has 0 aromatic heterocycles. The van der Waals surface area contributed by atoms with Crippen LogP contribution in [0.3, 0.4) is 0 Å². The summed E-state index contributed by atoms with van der Waals surface area (Å²) >= 11 is 0. The van der Waals surface area contributed by atoms with E-state index in [-0.39, 0.29) is 6.04 Å². The van der Waals surface area contributed by atoms with E-state index >= 15 is 0 Å². The topological polar surface area (TPSA) is 38.0 Å². The maximum Gasteiger partial charge on any atom is 0.0447 e. The van der Waals surface area contributed by atoms with Crippen molar-refractivity contribution >= 4 is 0 Å². The number of aryl methyl sites for hydroxylation is 3. The van der Waals surface area contributed by atoms with Gasteiger partial charge >= 0.3 is 0 Å². The van der Waals surface area contributed by atoms with E-state index in [9.17, 15) is 0 Å². The van der Waals surface area contributed by atoms with Gasteiger partial charge in [0.15, 0.2) is 0 Å². The van der Waals surface area contributed by atoms with Crippen LogP contribution >= 0.6 is 0 Å². The summed E-state index contributed by atoms with van der Waals surface area (Å²) in [6.45, 7) is 10.1. The van der Waals surface area contributed by atoms with Crippen molar-refractivity contribution in [3.63, 3.8) is 0 Å². The Labute approximate surface area is 111 Å². The van der Waals surface area contributed by atoms with Gasteiger partial charge in [-0.25, -0.2) is 0 Å². The third-order valence-electron chi connectivity index (χ3n) is 3.43. The fourth-order valence-electron chi connectivity index (χ4n) is 2.19. The highest BCUT2D eigenvalue weighted by molar-refractivity contribution is 5.38. The summed E-state index contributed by atoms with van der Waals surface area (Å²) in [7, 11) is 0. The standard InChI is InChI=1S/C16H26N2/c1-5-6-7-8-18-16(11-17)15-10-13(3)12(2)9-14(15)4/h5-6,9-10,16,18H,7-8,11,17H2,1-4H3/b6-5+. The van der Waals surface area contributed by atoms with Gasteiger partial charge in [-0.05, 0) is 62.9 Å². The van der Waals surface area contributed by atoms with Gasteiger partial charge in [0.1, 0.15) is 0 Å². The second kappa shape index (κ2) is 7.34. The molecule has 1 unspecified atom stereocenters. The number of nitrogens with two attached hydrogens (primary N) is 1. The van der Waals surface area contributed by atoms with E-state index in [2.05, 4.69) is 50.4 Å². The molecule has 0 spiro atoms. The molecule has 100 valence electrons. The van der Waals surface area contributed by atoms with E-state index in [1.54, 1.807) is 0 Å². The Bertz CT molecular complexity index is 408. The van der Waals surface area contributed by atoms with E-state index in [1.165, 1.54) is 22.3 Å². The van der Waals surface area contributed by atoms with E-state index < -0.39 is 0 Å². The first kappa shape index (κ1) is 14.9. The molecule has 2 nitrogen and oxygen atoms in total. The lowest BCUT2D eigenvalue weighted by Crippen LogP contribution is -2.29. The summed E-state index contributed by atoms with van der Waals surface area (Å²) < 4.78 is 0. The molecule has 0 aliphatic heterocycles. The molecular weight excluding hydrogens is 220 g/mol. The minimum atomic E-state index is 0.259. The van der Waals surface area contributed by atoms with Gasteiger partial charge in [-0.2, -0.15) is 0 Å². The lowest BCUT2D eigenvalue weighted by atomic mass is 9.95. The predicted molar refractivity (Wildman–Crippen MR) is 79.9 cm³/mol. The Morgan fingerprint density at radius 1 is 1.17 bits per heavy atom. The molecule has 1 aromatic rings. The second-order valence-electron chi connectivity index (χ2n) is 4.89. The van der Waals surface area contributed by atoms with Crippen LogP contribution in [-0.4, -0.2) is 13.1 Å². The van der Waals surface area contributed by atoms with Gasteiger partial charge in [-0.3, -0.25) is 0 Å². The minimum absolute atomic E-state index is 0.259. The number of hydrogen-bond donors (Lipinski definition) is 2. The molecule has 0 heterocycles. The fraction of sp³-hybridized carbons (Fsp3) is 0.500. The summed E-state index contributed by atoms with van der Waals surface area (Å²) in [6, 6.07) is 4.78. The van der Waals surface area contributed by atoms with Crippen molar-refractivity contribution in [2.24, 2.45) is 5.73 Å². The minimum Gasteiger partial charge on any atom is -0.329 e. The zero-order chi connectivity index (χ0) is 13.5. The highest BCUT2D eigenvalue weighted by atomic mass is 14.9. The molecule has 0 radical (unpaired) electrons. The number of benzene rings is 1. The molecular formula is C16H26N2. The predicted octanol–water partition coefficient (Wildman–Crippen LogP) is 3.17. The van der Waals surface area contributed by atoms with Crippen LogP contribution in [0.4, 0.5) is 0 Å². The van der Waals surface area contributed by atoms with E-state index in [0.717, 1.165) is 13.0 Å². The van der Waals surface area contributed by atoms with Crippen molar-refractivity contribution in [1.82, 2.24) is 5.32 Å². The first-order chi connectivity index (χ1) is 8.60. The molecule has 1 aromatic carbocycles. The normalized spacial score (nSPS) is 13.2. The molecule has 0 saturated carbocycles. The third kappa shape index (κ3) is 3.97. The summed E-state index contributed by atoms with van der Waals surface area (Å²) in [5, 5.41) is 3.53. The summed E-state index contributed by atoms with van der Waals surface area (Å²) in [5.41, 5.74) is 11.2. The largest absolute Gasteiger partial charge is 0.329 e. The van der Waals surface area contributed by atoms with Crippen LogP contribution in [-0.2, 0) is 0 Å². The average molecular weight is 246 g/mol. The molecule has 1 atom stereocenters. The molecule has 0 bridgehead atoms. The highest BCUT2D eigenvalue weighted by Gasteiger charge is 2.12. The van der Waals surface area contributed by atoms with Crippen molar-refractivity contribution in [1.29, 1.82) is 0 Å². The average Bonchev–Trinajstić information content (AvgIpc) is 2.35.